The molecule has 0 aliphatic heterocycles. The molecule has 0 saturated carbocycles. The average molecular weight is 168 g/mol. The fourth-order valence-electron chi connectivity index (χ4n) is 1.01. The highest BCUT2D eigenvalue weighted by Crippen LogP contribution is 2.06. The Balaban J connectivity index is 0.000000461. The minimum absolute atomic E-state index is 1.15. The fraction of sp³-hybridized carbons (Fsp3) is 0.400. The summed E-state index contributed by atoms with van der Waals surface area (Å²) in [6, 6.07) is 8.49. The quantitative estimate of drug-likeness (QED) is 0.612. The third-order valence-electron chi connectivity index (χ3n) is 1.64. The van der Waals surface area contributed by atoms with Gasteiger partial charge in [-0.2, -0.15) is 12.6 Å². The standard InChI is InChI=1S/C9H12.CH4S/c1-3-9-7-5-4-6-8(9)2;1-2/h4-7H,3H2,1-2H3;2H,1H3. The number of thiol groups is 1. The molecule has 0 fully saturated rings. The molecule has 0 bridgehead atoms. The van der Waals surface area contributed by atoms with Gasteiger partial charge in [0.15, 0.2) is 0 Å². The van der Waals surface area contributed by atoms with E-state index >= 15 is 0 Å². The Morgan fingerprint density at radius 1 is 1.18 bits per heavy atom. The molecule has 1 rings (SSSR count). The zero-order valence-electron chi connectivity index (χ0n) is 7.46. The molecule has 0 aliphatic carbocycles. The van der Waals surface area contributed by atoms with Crippen molar-refractivity contribution in [1.29, 1.82) is 0 Å². The van der Waals surface area contributed by atoms with Crippen molar-refractivity contribution < 1.29 is 0 Å². The lowest BCUT2D eigenvalue weighted by Gasteiger charge is -1.98. The van der Waals surface area contributed by atoms with Crippen LogP contribution in [0.4, 0.5) is 0 Å². The second-order valence-corrected chi connectivity index (χ2v) is 2.28. The normalized spacial score (nSPS) is 8.36. The van der Waals surface area contributed by atoms with Gasteiger partial charge in [0.05, 0.1) is 0 Å². The molecule has 0 radical (unpaired) electrons. The summed E-state index contributed by atoms with van der Waals surface area (Å²) >= 11 is 3.53. The third-order valence-corrected chi connectivity index (χ3v) is 1.64. The molecule has 1 heteroatoms. The molecule has 1 aromatic rings. The Bertz CT molecular complexity index is 194. The van der Waals surface area contributed by atoms with E-state index in [-0.39, 0.29) is 0 Å². The van der Waals surface area contributed by atoms with E-state index in [4.69, 9.17) is 0 Å². The summed E-state index contributed by atoms with van der Waals surface area (Å²) in [5.41, 5.74) is 2.86. The van der Waals surface area contributed by atoms with E-state index in [2.05, 4.69) is 50.7 Å². The summed E-state index contributed by atoms with van der Waals surface area (Å²) in [7, 11) is 0. The first-order valence-corrected chi connectivity index (χ1v) is 4.73. The van der Waals surface area contributed by atoms with Gasteiger partial charge >= 0.3 is 0 Å². The highest BCUT2D eigenvalue weighted by atomic mass is 32.1. The molecule has 0 heterocycles. The molecule has 0 nitrogen and oxygen atoms in total. The van der Waals surface area contributed by atoms with E-state index in [1.165, 1.54) is 11.1 Å². The van der Waals surface area contributed by atoms with Crippen molar-refractivity contribution in [2.45, 2.75) is 20.3 Å². The zero-order valence-corrected chi connectivity index (χ0v) is 8.36. The number of hydrogen-bond acceptors (Lipinski definition) is 1. The van der Waals surface area contributed by atoms with Gasteiger partial charge in [-0.1, -0.05) is 31.2 Å². The van der Waals surface area contributed by atoms with Crippen LogP contribution in [-0.2, 0) is 6.42 Å². The third kappa shape index (κ3) is 3.47. The summed E-state index contributed by atoms with van der Waals surface area (Å²) in [4.78, 5) is 0. The second-order valence-electron chi connectivity index (χ2n) is 2.28. The summed E-state index contributed by atoms with van der Waals surface area (Å²) in [5, 5.41) is 0. The Labute approximate surface area is 75.1 Å². The van der Waals surface area contributed by atoms with E-state index < -0.39 is 0 Å². The van der Waals surface area contributed by atoms with Crippen LogP contribution < -0.4 is 0 Å². The maximum absolute atomic E-state index is 3.53. The lowest BCUT2D eigenvalue weighted by molar-refractivity contribution is 1.11. The van der Waals surface area contributed by atoms with Crippen molar-refractivity contribution in [2.75, 3.05) is 6.26 Å². The van der Waals surface area contributed by atoms with Gasteiger partial charge in [-0.3, -0.25) is 0 Å². The molecule has 0 amide bonds. The zero-order chi connectivity index (χ0) is 8.69. The number of benzene rings is 1. The molecule has 1 aromatic carbocycles. The highest BCUT2D eigenvalue weighted by Gasteiger charge is 1.89. The first-order chi connectivity index (χ1) is 5.34. The van der Waals surface area contributed by atoms with Crippen molar-refractivity contribution in [3.8, 4) is 0 Å². The van der Waals surface area contributed by atoms with E-state index in [0.29, 0.717) is 0 Å². The van der Waals surface area contributed by atoms with E-state index in [1.807, 2.05) is 0 Å². The van der Waals surface area contributed by atoms with E-state index in [0.717, 1.165) is 6.42 Å². The first kappa shape index (κ1) is 10.6. The summed E-state index contributed by atoms with van der Waals surface area (Å²) in [5.74, 6) is 0. The predicted molar refractivity (Wildman–Crippen MR) is 55.5 cm³/mol. The Morgan fingerprint density at radius 3 is 2.09 bits per heavy atom. The fourth-order valence-corrected chi connectivity index (χ4v) is 1.01. The summed E-state index contributed by atoms with van der Waals surface area (Å²) in [6.45, 7) is 4.33. The van der Waals surface area contributed by atoms with Gasteiger partial charge in [0.2, 0.25) is 0 Å². The minimum atomic E-state index is 1.15. The highest BCUT2D eigenvalue weighted by molar-refractivity contribution is 7.79. The molecule has 11 heavy (non-hydrogen) atoms. The Kier molecular flexibility index (Phi) is 6.05. The van der Waals surface area contributed by atoms with E-state index in [9.17, 15) is 0 Å². The summed E-state index contributed by atoms with van der Waals surface area (Å²) < 4.78 is 0. The monoisotopic (exact) mass is 168 g/mol. The largest absolute Gasteiger partial charge is 0.183 e. The maximum atomic E-state index is 3.53. The molecule has 0 saturated heterocycles. The topological polar surface area (TPSA) is 0 Å². The van der Waals surface area contributed by atoms with Gasteiger partial charge in [-0.05, 0) is 30.7 Å². The number of rotatable bonds is 1. The van der Waals surface area contributed by atoms with Gasteiger partial charge in [-0.25, -0.2) is 0 Å². The minimum Gasteiger partial charge on any atom is -0.183 e. The molecule has 0 N–H and O–H groups in total. The molecule has 0 spiro atoms. The van der Waals surface area contributed by atoms with Gasteiger partial charge in [-0.15, -0.1) is 0 Å². The van der Waals surface area contributed by atoms with Crippen LogP contribution in [0.2, 0.25) is 0 Å². The smallest absolute Gasteiger partial charge is 0.0215 e. The van der Waals surface area contributed by atoms with E-state index in [1.54, 1.807) is 6.26 Å². The SMILES string of the molecule is CCc1ccccc1C.CS. The van der Waals surface area contributed by atoms with Crippen molar-refractivity contribution in [3.05, 3.63) is 35.4 Å². The summed E-state index contributed by atoms with van der Waals surface area (Å²) in [6.07, 6.45) is 2.84. The average Bonchev–Trinajstić information content (AvgIpc) is 2.09. The lowest BCUT2D eigenvalue weighted by Crippen LogP contribution is -1.82. The molecular weight excluding hydrogens is 152 g/mol. The molecular formula is C10H16S. The van der Waals surface area contributed by atoms with Gasteiger partial charge in [0, 0.05) is 0 Å². The Morgan fingerprint density at radius 2 is 1.73 bits per heavy atom. The molecule has 0 unspecified atom stereocenters. The maximum Gasteiger partial charge on any atom is -0.0215 e. The number of hydrogen-bond donors (Lipinski definition) is 1. The van der Waals surface area contributed by atoms with Crippen LogP contribution in [0.1, 0.15) is 18.1 Å². The van der Waals surface area contributed by atoms with Crippen LogP contribution in [0.3, 0.4) is 0 Å². The van der Waals surface area contributed by atoms with Crippen LogP contribution in [0.5, 0.6) is 0 Å². The molecule has 62 valence electrons. The lowest BCUT2D eigenvalue weighted by atomic mass is 10.1. The van der Waals surface area contributed by atoms with Crippen LogP contribution in [-0.4, -0.2) is 6.26 Å². The van der Waals surface area contributed by atoms with Gasteiger partial charge < -0.3 is 0 Å². The second kappa shape index (κ2) is 6.29. The predicted octanol–water partition coefficient (Wildman–Crippen LogP) is 3.10. The van der Waals surface area contributed by atoms with Crippen LogP contribution in [0.15, 0.2) is 24.3 Å². The van der Waals surface area contributed by atoms with Crippen molar-refractivity contribution in [1.82, 2.24) is 0 Å². The van der Waals surface area contributed by atoms with Gasteiger partial charge in [0.1, 0.15) is 0 Å². The number of aryl methyl sites for hydroxylation is 2. The Hall–Kier alpha value is -0.430. The molecule has 0 aromatic heterocycles. The van der Waals surface area contributed by atoms with Crippen molar-refractivity contribution in [2.24, 2.45) is 0 Å². The van der Waals surface area contributed by atoms with Crippen molar-refractivity contribution in [3.63, 3.8) is 0 Å². The molecule has 0 atom stereocenters. The first-order valence-electron chi connectivity index (χ1n) is 3.84. The van der Waals surface area contributed by atoms with Crippen LogP contribution >= 0.6 is 12.6 Å². The van der Waals surface area contributed by atoms with Crippen molar-refractivity contribution >= 4 is 12.6 Å². The van der Waals surface area contributed by atoms with Crippen LogP contribution in [0.25, 0.3) is 0 Å². The molecule has 0 aliphatic rings. The van der Waals surface area contributed by atoms with Crippen LogP contribution in [0, 0.1) is 6.92 Å². The van der Waals surface area contributed by atoms with Gasteiger partial charge in [0.25, 0.3) is 0 Å².